The maximum atomic E-state index is 13.7. The first-order valence-corrected chi connectivity index (χ1v) is 15.7. The molecule has 0 aliphatic carbocycles. The van der Waals surface area contributed by atoms with Crippen LogP contribution in [0.25, 0.3) is 34.3 Å². The summed E-state index contributed by atoms with van der Waals surface area (Å²) < 4.78 is 147. The average molecular weight is 988 g/mol. The summed E-state index contributed by atoms with van der Waals surface area (Å²) in [6, 6.07) is 19.1. The maximum Gasteiger partial charge on any atom is 0.429 e. The second kappa shape index (κ2) is 18.2. The van der Waals surface area contributed by atoms with Crippen molar-refractivity contribution < 1.29 is 77.5 Å². The zero-order valence-electron chi connectivity index (χ0n) is 28.5. The zero-order valence-corrected chi connectivity index (χ0v) is 30.9. The van der Waals surface area contributed by atoms with Crippen LogP contribution in [-0.2, 0) is 26.3 Å². The van der Waals surface area contributed by atoms with Crippen molar-refractivity contribution in [3.05, 3.63) is 187 Å². The molecule has 0 aliphatic heterocycles. The number of aromatic nitrogens is 8. The van der Waals surface area contributed by atoms with Gasteiger partial charge in [-0.15, -0.1) is 24.3 Å². The van der Waals surface area contributed by atoms with Gasteiger partial charge in [-0.3, -0.25) is 36.8 Å². The predicted molar refractivity (Wildman–Crippen MR) is 173 cm³/mol. The topological polar surface area (TPSA) is 70.4 Å². The van der Waals surface area contributed by atoms with Gasteiger partial charge in [0.2, 0.25) is 0 Å². The summed E-state index contributed by atoms with van der Waals surface area (Å²) in [5, 5.41) is 6.25. The predicted octanol–water partition coefficient (Wildman–Crippen LogP) is 7.33. The van der Waals surface area contributed by atoms with E-state index in [2.05, 4.69) is 45.0 Å². The van der Waals surface area contributed by atoms with E-state index in [1.165, 1.54) is 67.5 Å². The first-order chi connectivity index (χ1) is 27.2. The number of alkyl halides is 3. The Hall–Kier alpha value is -6.53. The van der Waals surface area contributed by atoms with Crippen LogP contribution in [0.15, 0.2) is 110 Å². The molecule has 4 aromatic heterocycles. The molecule has 1 radical (unpaired) electrons. The van der Waals surface area contributed by atoms with Gasteiger partial charge in [0, 0.05) is 86.5 Å². The van der Waals surface area contributed by atoms with Crippen LogP contribution in [-0.4, -0.2) is 24.2 Å². The van der Waals surface area contributed by atoms with Crippen molar-refractivity contribution in [2.75, 3.05) is 0 Å². The molecule has 4 heterocycles. The van der Waals surface area contributed by atoms with Crippen LogP contribution >= 0.6 is 0 Å². The molecular weight excluding hydrogens is 970 g/mol. The van der Waals surface area contributed by atoms with E-state index in [0.717, 1.165) is 36.4 Å². The smallest absolute Gasteiger partial charge is 0.413 e. The van der Waals surface area contributed by atoms with Gasteiger partial charge in [0.15, 0.2) is 0 Å². The van der Waals surface area contributed by atoms with E-state index in [1.807, 2.05) is 0 Å². The minimum absolute atomic E-state index is 0. The second-order valence-electron chi connectivity index (χ2n) is 11.2. The van der Waals surface area contributed by atoms with E-state index in [4.69, 9.17) is 0 Å². The van der Waals surface area contributed by atoms with Crippen LogP contribution in [0.1, 0.15) is 5.82 Å². The van der Waals surface area contributed by atoms with Gasteiger partial charge in [0.25, 0.3) is 12.7 Å². The molecule has 0 aliphatic rings. The van der Waals surface area contributed by atoms with Crippen LogP contribution in [0.5, 0.6) is 0 Å². The molecule has 8 nitrogen and oxygen atoms in total. The molecule has 0 bridgehead atoms. The second-order valence-corrected chi connectivity index (χ2v) is 11.2. The molecule has 0 N–H and O–H groups in total. The molecular formula is C38H18F11IrN8-3. The number of pyridine rings is 1. The van der Waals surface area contributed by atoms with Crippen molar-refractivity contribution in [1.29, 1.82) is 0 Å². The summed E-state index contributed by atoms with van der Waals surface area (Å²) in [5.74, 6) is -7.48. The van der Waals surface area contributed by atoms with Crippen molar-refractivity contribution in [3.8, 4) is 34.3 Å². The Morgan fingerprint density at radius 3 is 1.48 bits per heavy atom. The molecule has 0 unspecified atom stereocenters. The Bertz CT molecular complexity index is 2370. The fourth-order valence-electron chi connectivity index (χ4n) is 4.71. The van der Waals surface area contributed by atoms with Gasteiger partial charge in [0.05, 0.1) is 5.69 Å². The summed E-state index contributed by atoms with van der Waals surface area (Å²) in [7, 11) is 0. The Morgan fingerprint density at radius 2 is 1.09 bits per heavy atom. The zero-order chi connectivity index (χ0) is 40.9. The molecule has 8 rings (SSSR count). The molecule has 20 heteroatoms. The third-order valence-corrected chi connectivity index (χ3v) is 7.25. The van der Waals surface area contributed by atoms with Gasteiger partial charge < -0.3 is 19.2 Å². The third-order valence-electron chi connectivity index (χ3n) is 7.25. The number of benzene rings is 4. The first kappa shape index (κ1) is 42.6. The van der Waals surface area contributed by atoms with Crippen LogP contribution in [0.2, 0.25) is 0 Å². The molecule has 0 amide bonds. The van der Waals surface area contributed by atoms with Gasteiger partial charge in [-0.2, -0.15) is 25.3 Å². The van der Waals surface area contributed by atoms with Gasteiger partial charge in [-0.25, -0.2) is 17.6 Å². The van der Waals surface area contributed by atoms with Gasteiger partial charge in [-0.05, 0) is 53.6 Å². The number of hydrogen-bond donors (Lipinski definition) is 0. The molecule has 0 saturated carbocycles. The standard InChI is InChI=1S/2C15H7F4N2.C8H4F3N4.Ir/c2*16-10-1-3-14(12(18)7-10)20-5-6-21(9-20)15-4-2-11(17)8-13(15)19;9-8(10,11)7-13-6(14-15-7)5-3-1-2-4-12-5;/h2*1-3,5-8H;1-4H;/q3*-1;. The van der Waals surface area contributed by atoms with E-state index in [0.29, 0.717) is 12.1 Å². The average Bonchev–Trinajstić information content (AvgIpc) is 3.95. The van der Waals surface area contributed by atoms with Crippen LogP contribution < -0.4 is 14.2 Å². The number of hydrogen-bond acceptors (Lipinski definition) is 3. The molecule has 0 fully saturated rings. The normalized spacial score (nSPS) is 10.9. The molecule has 299 valence electrons. The van der Waals surface area contributed by atoms with E-state index in [1.54, 1.807) is 12.1 Å². The van der Waals surface area contributed by atoms with Crippen molar-refractivity contribution in [2.24, 2.45) is 0 Å². The van der Waals surface area contributed by atoms with Crippen molar-refractivity contribution >= 4 is 0 Å². The molecule has 0 saturated heterocycles. The number of nitrogens with zero attached hydrogens (tertiary/aromatic N) is 8. The summed E-state index contributed by atoms with van der Waals surface area (Å²) in [5.41, 5.74) is 0.256. The number of imidazole rings is 2. The molecule has 8 aromatic rings. The molecule has 4 aromatic carbocycles. The third kappa shape index (κ3) is 10.3. The van der Waals surface area contributed by atoms with Crippen LogP contribution in [0, 0.1) is 71.3 Å². The summed E-state index contributed by atoms with van der Waals surface area (Å²) in [4.78, 5) is 7.05. The van der Waals surface area contributed by atoms with E-state index in [-0.39, 0.29) is 54.4 Å². The molecule has 0 spiro atoms. The van der Waals surface area contributed by atoms with Crippen molar-refractivity contribution in [2.45, 2.75) is 6.18 Å². The summed E-state index contributed by atoms with van der Waals surface area (Å²) >= 11 is 0. The van der Waals surface area contributed by atoms with E-state index < -0.39 is 58.5 Å². The van der Waals surface area contributed by atoms with Gasteiger partial charge >= 0.3 is 6.18 Å². The number of halogens is 11. The van der Waals surface area contributed by atoms with Gasteiger partial charge in [0.1, 0.15) is 40.5 Å². The monoisotopic (exact) mass is 988 g/mol. The molecule has 0 atom stereocenters. The summed E-state index contributed by atoms with van der Waals surface area (Å²) in [6.07, 6.45) is 7.78. The fourth-order valence-corrected chi connectivity index (χ4v) is 4.71. The minimum Gasteiger partial charge on any atom is -0.413 e. The fraction of sp³-hybridized carbons (Fsp3) is 0.0263. The van der Waals surface area contributed by atoms with Crippen LogP contribution in [0.4, 0.5) is 48.3 Å². The van der Waals surface area contributed by atoms with E-state index >= 15 is 0 Å². The van der Waals surface area contributed by atoms with Crippen molar-refractivity contribution in [3.63, 3.8) is 0 Å². The Labute approximate surface area is 333 Å². The SMILES string of the molecule is FC(F)(F)c1n[n-]c(-c2ccccn2)n1.Fc1c[c-]c(-n2[c-][n+](-c3ccc(F)cc3F)cc2)c(F)c1.Fc1c[c-]c(-n2[c-][n+](-c3ccc(F)cc3F)cc2)c(F)c1.[Ir]. The minimum atomic E-state index is -4.57. The molecule has 58 heavy (non-hydrogen) atoms. The Kier molecular flexibility index (Phi) is 13.3. The Morgan fingerprint density at radius 1 is 0.603 bits per heavy atom. The largest absolute Gasteiger partial charge is 0.429 e. The van der Waals surface area contributed by atoms with Crippen molar-refractivity contribution in [1.82, 2.24) is 29.3 Å². The van der Waals surface area contributed by atoms with Gasteiger partial charge in [-0.1, -0.05) is 6.07 Å². The van der Waals surface area contributed by atoms with E-state index in [9.17, 15) is 48.3 Å². The maximum absolute atomic E-state index is 13.7. The summed E-state index contributed by atoms with van der Waals surface area (Å²) in [6.45, 7) is 0. The first-order valence-electron chi connectivity index (χ1n) is 15.7. The Balaban J connectivity index is 0.000000167. The quantitative estimate of drug-likeness (QED) is 0.103. The van der Waals surface area contributed by atoms with Crippen LogP contribution in [0.3, 0.4) is 0 Å². The number of rotatable bonds is 5.